The SMILES string of the molecule is C=C1C(C)=C(OCC(C)C)CC1(C)C. The van der Waals surface area contributed by atoms with Gasteiger partial charge in [-0.3, -0.25) is 0 Å². The molecule has 0 spiro atoms. The summed E-state index contributed by atoms with van der Waals surface area (Å²) >= 11 is 0. The molecule has 0 heterocycles. The lowest BCUT2D eigenvalue weighted by atomic mass is 9.85. The molecule has 0 aromatic carbocycles. The van der Waals surface area contributed by atoms with Gasteiger partial charge in [-0.25, -0.2) is 0 Å². The van der Waals surface area contributed by atoms with Crippen LogP contribution in [-0.4, -0.2) is 6.61 Å². The van der Waals surface area contributed by atoms with Crippen molar-refractivity contribution in [3.05, 3.63) is 23.5 Å². The summed E-state index contributed by atoms with van der Waals surface area (Å²) in [7, 11) is 0. The monoisotopic (exact) mass is 194 g/mol. The molecule has 0 amide bonds. The van der Waals surface area contributed by atoms with Crippen molar-refractivity contribution in [2.75, 3.05) is 6.61 Å². The van der Waals surface area contributed by atoms with Crippen LogP contribution in [-0.2, 0) is 4.74 Å². The largest absolute Gasteiger partial charge is 0.497 e. The van der Waals surface area contributed by atoms with Crippen molar-refractivity contribution in [2.45, 2.75) is 41.0 Å². The van der Waals surface area contributed by atoms with Crippen LogP contribution in [0.4, 0.5) is 0 Å². The molecule has 1 nitrogen and oxygen atoms in total. The molecule has 0 fully saturated rings. The van der Waals surface area contributed by atoms with Gasteiger partial charge in [0, 0.05) is 6.42 Å². The Balaban J connectivity index is 2.67. The standard InChI is InChI=1S/C13H22O/c1-9(2)8-14-12-7-13(5,6)11(4)10(12)3/h9H,4,7-8H2,1-3,5-6H3. The second-order valence-electron chi connectivity index (χ2n) is 5.29. The van der Waals surface area contributed by atoms with E-state index in [4.69, 9.17) is 4.74 Å². The van der Waals surface area contributed by atoms with Crippen molar-refractivity contribution in [1.82, 2.24) is 0 Å². The van der Waals surface area contributed by atoms with Crippen LogP contribution in [0.3, 0.4) is 0 Å². The number of allylic oxidation sites excluding steroid dienone is 3. The molecule has 0 unspecified atom stereocenters. The fourth-order valence-corrected chi connectivity index (χ4v) is 1.74. The fraction of sp³-hybridized carbons (Fsp3) is 0.692. The summed E-state index contributed by atoms with van der Waals surface area (Å²) in [5, 5.41) is 0. The van der Waals surface area contributed by atoms with Crippen LogP contribution in [0.2, 0.25) is 0 Å². The van der Waals surface area contributed by atoms with E-state index in [1.54, 1.807) is 0 Å². The lowest BCUT2D eigenvalue weighted by Gasteiger charge is -2.19. The molecule has 0 aliphatic heterocycles. The predicted molar refractivity (Wildman–Crippen MR) is 61.0 cm³/mol. The number of hydrogen-bond acceptors (Lipinski definition) is 1. The maximum absolute atomic E-state index is 5.80. The van der Waals surface area contributed by atoms with Crippen molar-refractivity contribution >= 4 is 0 Å². The van der Waals surface area contributed by atoms with Crippen molar-refractivity contribution in [2.24, 2.45) is 11.3 Å². The number of hydrogen-bond donors (Lipinski definition) is 0. The molecule has 1 aliphatic rings. The molecule has 0 aromatic rings. The Kier molecular flexibility index (Phi) is 3.08. The van der Waals surface area contributed by atoms with E-state index in [9.17, 15) is 0 Å². The van der Waals surface area contributed by atoms with E-state index in [1.165, 1.54) is 11.1 Å². The zero-order valence-corrected chi connectivity index (χ0v) is 10.1. The molecule has 0 radical (unpaired) electrons. The normalized spacial score (nSPS) is 20.9. The summed E-state index contributed by atoms with van der Waals surface area (Å²) in [4.78, 5) is 0. The Morgan fingerprint density at radius 3 is 2.36 bits per heavy atom. The van der Waals surface area contributed by atoms with Gasteiger partial charge in [0.25, 0.3) is 0 Å². The fourth-order valence-electron chi connectivity index (χ4n) is 1.74. The summed E-state index contributed by atoms with van der Waals surface area (Å²) in [6.45, 7) is 15.9. The van der Waals surface area contributed by atoms with Gasteiger partial charge in [0.15, 0.2) is 0 Å². The van der Waals surface area contributed by atoms with Crippen LogP contribution < -0.4 is 0 Å². The van der Waals surface area contributed by atoms with Crippen LogP contribution in [0.5, 0.6) is 0 Å². The van der Waals surface area contributed by atoms with Crippen LogP contribution in [0, 0.1) is 11.3 Å². The van der Waals surface area contributed by atoms with E-state index in [-0.39, 0.29) is 5.41 Å². The van der Waals surface area contributed by atoms with E-state index in [1.807, 2.05) is 0 Å². The van der Waals surface area contributed by atoms with Crippen molar-refractivity contribution < 1.29 is 4.74 Å². The summed E-state index contributed by atoms with van der Waals surface area (Å²) in [5.74, 6) is 1.74. The minimum atomic E-state index is 0.191. The number of ether oxygens (including phenoxy) is 1. The van der Waals surface area contributed by atoms with Crippen molar-refractivity contribution in [3.8, 4) is 0 Å². The van der Waals surface area contributed by atoms with Crippen molar-refractivity contribution in [3.63, 3.8) is 0 Å². The summed E-state index contributed by atoms with van der Waals surface area (Å²) < 4.78 is 5.80. The van der Waals surface area contributed by atoms with Gasteiger partial charge in [0.1, 0.15) is 0 Å². The zero-order chi connectivity index (χ0) is 10.9. The molecule has 1 aliphatic carbocycles. The molecule has 1 heteroatoms. The highest BCUT2D eigenvalue weighted by Crippen LogP contribution is 2.45. The molecule has 0 saturated carbocycles. The summed E-state index contributed by atoms with van der Waals surface area (Å²) in [5.41, 5.74) is 2.68. The molecule has 14 heavy (non-hydrogen) atoms. The van der Waals surface area contributed by atoms with E-state index in [0.29, 0.717) is 5.92 Å². The summed E-state index contributed by atoms with van der Waals surface area (Å²) in [6, 6.07) is 0. The van der Waals surface area contributed by atoms with Gasteiger partial charge in [-0.1, -0.05) is 34.3 Å². The lowest BCUT2D eigenvalue weighted by Crippen LogP contribution is -2.09. The van der Waals surface area contributed by atoms with Gasteiger partial charge in [0.05, 0.1) is 12.4 Å². The molecule has 1 rings (SSSR count). The van der Waals surface area contributed by atoms with Crippen LogP contribution in [0.1, 0.15) is 41.0 Å². The average molecular weight is 194 g/mol. The Hall–Kier alpha value is -0.720. The Labute approximate surface area is 87.8 Å². The molecule has 0 saturated heterocycles. The van der Waals surface area contributed by atoms with Gasteiger partial charge in [-0.2, -0.15) is 0 Å². The highest BCUT2D eigenvalue weighted by Gasteiger charge is 2.33. The third kappa shape index (κ3) is 2.20. The van der Waals surface area contributed by atoms with Crippen LogP contribution in [0.25, 0.3) is 0 Å². The van der Waals surface area contributed by atoms with E-state index in [0.717, 1.165) is 18.8 Å². The number of rotatable bonds is 3. The van der Waals surface area contributed by atoms with E-state index in [2.05, 4.69) is 41.2 Å². The second-order valence-corrected chi connectivity index (χ2v) is 5.29. The van der Waals surface area contributed by atoms with Crippen molar-refractivity contribution in [1.29, 1.82) is 0 Å². The first-order chi connectivity index (χ1) is 6.34. The van der Waals surface area contributed by atoms with Gasteiger partial charge in [-0.15, -0.1) is 0 Å². The highest BCUT2D eigenvalue weighted by atomic mass is 16.5. The summed E-state index contributed by atoms with van der Waals surface area (Å²) in [6.07, 6.45) is 1.00. The third-order valence-electron chi connectivity index (χ3n) is 2.88. The Morgan fingerprint density at radius 2 is 2.00 bits per heavy atom. The maximum atomic E-state index is 5.80. The lowest BCUT2D eigenvalue weighted by molar-refractivity contribution is 0.163. The third-order valence-corrected chi connectivity index (χ3v) is 2.88. The smallest absolute Gasteiger partial charge is 0.1000 e. The molecular formula is C13H22O. The van der Waals surface area contributed by atoms with Crippen LogP contribution in [0.15, 0.2) is 23.5 Å². The van der Waals surface area contributed by atoms with Gasteiger partial charge >= 0.3 is 0 Å². The molecule has 0 aromatic heterocycles. The molecule has 0 N–H and O–H groups in total. The Morgan fingerprint density at radius 1 is 1.43 bits per heavy atom. The van der Waals surface area contributed by atoms with Gasteiger partial charge in [0.2, 0.25) is 0 Å². The topological polar surface area (TPSA) is 9.23 Å². The first-order valence-corrected chi connectivity index (χ1v) is 5.37. The first kappa shape index (κ1) is 11.4. The Bertz CT molecular complexity index is 269. The molecule has 0 bridgehead atoms. The minimum Gasteiger partial charge on any atom is -0.497 e. The van der Waals surface area contributed by atoms with Gasteiger partial charge < -0.3 is 4.74 Å². The average Bonchev–Trinajstić information content (AvgIpc) is 2.26. The predicted octanol–water partition coefficient (Wildman–Crippen LogP) is 3.92. The van der Waals surface area contributed by atoms with Crippen LogP contribution >= 0.6 is 0 Å². The second kappa shape index (κ2) is 3.80. The minimum absolute atomic E-state index is 0.191. The van der Waals surface area contributed by atoms with E-state index >= 15 is 0 Å². The zero-order valence-electron chi connectivity index (χ0n) is 10.1. The highest BCUT2D eigenvalue weighted by molar-refractivity contribution is 5.40. The molecule has 80 valence electrons. The maximum Gasteiger partial charge on any atom is 0.1000 e. The molecule has 0 atom stereocenters. The van der Waals surface area contributed by atoms with Gasteiger partial charge in [-0.05, 0) is 29.4 Å². The molecular weight excluding hydrogens is 172 g/mol. The van der Waals surface area contributed by atoms with E-state index < -0.39 is 0 Å². The quantitative estimate of drug-likeness (QED) is 0.661. The first-order valence-electron chi connectivity index (χ1n) is 5.37.